The standard InChI is InChI=1S/C16H27NS/c1-4-11-17-13-16(10-12-18-5-2)15-8-6-14(3)7-9-15/h6-9,16-17H,4-5,10-13H2,1-3H3. The molecule has 0 heterocycles. The van der Waals surface area contributed by atoms with Gasteiger partial charge >= 0.3 is 0 Å². The summed E-state index contributed by atoms with van der Waals surface area (Å²) >= 11 is 2.05. The first-order valence-corrected chi connectivity index (χ1v) is 8.28. The highest BCUT2D eigenvalue weighted by molar-refractivity contribution is 7.99. The first-order valence-electron chi connectivity index (χ1n) is 7.13. The fourth-order valence-electron chi connectivity index (χ4n) is 2.05. The van der Waals surface area contributed by atoms with Gasteiger partial charge in [0.15, 0.2) is 0 Å². The lowest BCUT2D eigenvalue weighted by Crippen LogP contribution is -2.22. The monoisotopic (exact) mass is 265 g/mol. The minimum atomic E-state index is 0.663. The van der Waals surface area contributed by atoms with Gasteiger partial charge in [-0.15, -0.1) is 0 Å². The zero-order chi connectivity index (χ0) is 13.2. The zero-order valence-corrected chi connectivity index (χ0v) is 12.9. The van der Waals surface area contributed by atoms with Crippen LogP contribution in [0.25, 0.3) is 0 Å². The Hall–Kier alpha value is -0.470. The molecule has 0 aliphatic carbocycles. The van der Waals surface area contributed by atoms with Gasteiger partial charge in [0.2, 0.25) is 0 Å². The maximum absolute atomic E-state index is 3.57. The number of hydrogen-bond acceptors (Lipinski definition) is 2. The van der Waals surface area contributed by atoms with Gasteiger partial charge in [0.05, 0.1) is 0 Å². The lowest BCUT2D eigenvalue weighted by Gasteiger charge is -2.18. The van der Waals surface area contributed by atoms with E-state index in [2.05, 4.69) is 50.4 Å². The van der Waals surface area contributed by atoms with Gasteiger partial charge < -0.3 is 5.32 Å². The molecule has 0 amide bonds. The second-order valence-electron chi connectivity index (χ2n) is 4.80. The topological polar surface area (TPSA) is 12.0 Å². The molecule has 0 radical (unpaired) electrons. The molecule has 1 atom stereocenters. The number of thioether (sulfide) groups is 1. The summed E-state index contributed by atoms with van der Waals surface area (Å²) in [5.41, 5.74) is 2.84. The van der Waals surface area contributed by atoms with E-state index in [-0.39, 0.29) is 0 Å². The summed E-state index contributed by atoms with van der Waals surface area (Å²) in [4.78, 5) is 0. The Morgan fingerprint density at radius 1 is 1.17 bits per heavy atom. The molecule has 18 heavy (non-hydrogen) atoms. The summed E-state index contributed by atoms with van der Waals surface area (Å²) in [6.45, 7) is 8.85. The first-order chi connectivity index (χ1) is 8.77. The minimum Gasteiger partial charge on any atom is -0.316 e. The Balaban J connectivity index is 2.54. The molecule has 0 fully saturated rings. The highest BCUT2D eigenvalue weighted by Crippen LogP contribution is 2.21. The summed E-state index contributed by atoms with van der Waals surface area (Å²) in [5.74, 6) is 3.16. The van der Waals surface area contributed by atoms with Crippen LogP contribution < -0.4 is 5.32 Å². The summed E-state index contributed by atoms with van der Waals surface area (Å²) in [5, 5.41) is 3.57. The second kappa shape index (κ2) is 9.46. The van der Waals surface area contributed by atoms with Crippen LogP contribution in [0.5, 0.6) is 0 Å². The van der Waals surface area contributed by atoms with Gasteiger partial charge in [-0.2, -0.15) is 11.8 Å². The first kappa shape index (κ1) is 15.6. The molecule has 0 aromatic heterocycles. The van der Waals surface area contributed by atoms with Crippen LogP contribution in [-0.2, 0) is 0 Å². The molecule has 1 aromatic carbocycles. The fourth-order valence-corrected chi connectivity index (χ4v) is 2.79. The van der Waals surface area contributed by atoms with E-state index < -0.39 is 0 Å². The summed E-state index contributed by atoms with van der Waals surface area (Å²) in [6, 6.07) is 9.05. The maximum atomic E-state index is 3.57. The van der Waals surface area contributed by atoms with Crippen LogP contribution in [0.3, 0.4) is 0 Å². The molecule has 0 aliphatic heterocycles. The molecule has 1 nitrogen and oxygen atoms in total. The van der Waals surface area contributed by atoms with Crippen molar-refractivity contribution in [1.29, 1.82) is 0 Å². The SMILES string of the molecule is CCCNCC(CCSCC)c1ccc(C)cc1. The second-order valence-corrected chi connectivity index (χ2v) is 6.19. The largest absolute Gasteiger partial charge is 0.316 e. The smallest absolute Gasteiger partial charge is 0.00204 e. The number of hydrogen-bond donors (Lipinski definition) is 1. The normalized spacial score (nSPS) is 12.6. The van der Waals surface area contributed by atoms with Gasteiger partial charge in [-0.1, -0.05) is 43.7 Å². The molecule has 1 unspecified atom stereocenters. The minimum absolute atomic E-state index is 0.663. The molecule has 102 valence electrons. The van der Waals surface area contributed by atoms with E-state index in [1.54, 1.807) is 0 Å². The van der Waals surface area contributed by atoms with Crippen LogP contribution in [0, 0.1) is 6.92 Å². The molecule has 1 aromatic rings. The third-order valence-electron chi connectivity index (χ3n) is 3.18. The van der Waals surface area contributed by atoms with Crippen LogP contribution in [0.4, 0.5) is 0 Å². The number of benzene rings is 1. The summed E-state index contributed by atoms with van der Waals surface area (Å²) in [7, 11) is 0. The summed E-state index contributed by atoms with van der Waals surface area (Å²) < 4.78 is 0. The van der Waals surface area contributed by atoms with E-state index in [0.717, 1.165) is 13.1 Å². The maximum Gasteiger partial charge on any atom is 0.00204 e. The fraction of sp³-hybridized carbons (Fsp3) is 0.625. The Morgan fingerprint density at radius 3 is 2.50 bits per heavy atom. The molecule has 2 heteroatoms. The van der Waals surface area contributed by atoms with Crippen LogP contribution >= 0.6 is 11.8 Å². The van der Waals surface area contributed by atoms with Crippen LogP contribution in [-0.4, -0.2) is 24.6 Å². The molecule has 0 aliphatic rings. The van der Waals surface area contributed by atoms with Gasteiger partial charge in [0.1, 0.15) is 0 Å². The van der Waals surface area contributed by atoms with Crippen molar-refractivity contribution in [2.75, 3.05) is 24.6 Å². The third-order valence-corrected chi connectivity index (χ3v) is 4.11. The van der Waals surface area contributed by atoms with E-state index in [4.69, 9.17) is 0 Å². The Morgan fingerprint density at radius 2 is 1.89 bits per heavy atom. The molecular formula is C16H27NS. The number of nitrogens with one attached hydrogen (secondary N) is 1. The van der Waals surface area contributed by atoms with Gasteiger partial charge in [0, 0.05) is 6.54 Å². The van der Waals surface area contributed by atoms with Crippen LogP contribution in [0.15, 0.2) is 24.3 Å². The van der Waals surface area contributed by atoms with Crippen molar-refractivity contribution in [3.05, 3.63) is 35.4 Å². The van der Waals surface area contributed by atoms with Gasteiger partial charge in [-0.3, -0.25) is 0 Å². The highest BCUT2D eigenvalue weighted by atomic mass is 32.2. The third kappa shape index (κ3) is 5.92. The van der Waals surface area contributed by atoms with Crippen molar-refractivity contribution in [2.24, 2.45) is 0 Å². The van der Waals surface area contributed by atoms with E-state index in [1.165, 1.54) is 35.5 Å². The van der Waals surface area contributed by atoms with Crippen LogP contribution in [0.2, 0.25) is 0 Å². The number of rotatable bonds is 9. The summed E-state index contributed by atoms with van der Waals surface area (Å²) in [6.07, 6.45) is 2.49. The van der Waals surface area contributed by atoms with E-state index in [0.29, 0.717) is 5.92 Å². The molecule has 0 spiro atoms. The van der Waals surface area contributed by atoms with E-state index in [9.17, 15) is 0 Å². The quantitative estimate of drug-likeness (QED) is 0.671. The lowest BCUT2D eigenvalue weighted by atomic mass is 9.95. The molecule has 0 bridgehead atoms. The Kier molecular flexibility index (Phi) is 8.19. The van der Waals surface area contributed by atoms with Gasteiger partial charge in [-0.05, 0) is 49.3 Å². The molecule has 0 saturated carbocycles. The lowest BCUT2D eigenvalue weighted by molar-refractivity contribution is 0.570. The van der Waals surface area contributed by atoms with Crippen molar-refractivity contribution in [2.45, 2.75) is 39.5 Å². The highest BCUT2D eigenvalue weighted by Gasteiger charge is 2.10. The van der Waals surface area contributed by atoms with Crippen molar-refractivity contribution in [3.8, 4) is 0 Å². The average Bonchev–Trinajstić information content (AvgIpc) is 2.38. The van der Waals surface area contributed by atoms with Crippen molar-refractivity contribution in [3.63, 3.8) is 0 Å². The Bertz CT molecular complexity index is 297. The number of aryl methyl sites for hydroxylation is 1. The zero-order valence-electron chi connectivity index (χ0n) is 12.0. The van der Waals surface area contributed by atoms with Crippen LogP contribution in [0.1, 0.15) is 43.7 Å². The van der Waals surface area contributed by atoms with Crippen molar-refractivity contribution >= 4 is 11.8 Å². The van der Waals surface area contributed by atoms with E-state index in [1.807, 2.05) is 11.8 Å². The predicted molar refractivity (Wildman–Crippen MR) is 84.7 cm³/mol. The van der Waals surface area contributed by atoms with Crippen molar-refractivity contribution in [1.82, 2.24) is 5.32 Å². The van der Waals surface area contributed by atoms with Crippen molar-refractivity contribution < 1.29 is 0 Å². The molecule has 1 rings (SSSR count). The van der Waals surface area contributed by atoms with Gasteiger partial charge in [-0.25, -0.2) is 0 Å². The Labute approximate surface area is 117 Å². The molecule has 1 N–H and O–H groups in total. The van der Waals surface area contributed by atoms with E-state index >= 15 is 0 Å². The van der Waals surface area contributed by atoms with Gasteiger partial charge in [0.25, 0.3) is 0 Å². The molecule has 0 saturated heterocycles. The molecular weight excluding hydrogens is 238 g/mol. The predicted octanol–water partition coefficient (Wildman–Crippen LogP) is 4.22. The average molecular weight is 265 g/mol.